The molecule has 2 aromatic rings. The first-order valence-corrected chi connectivity index (χ1v) is 4.72. The fourth-order valence-corrected chi connectivity index (χ4v) is 1.29. The van der Waals surface area contributed by atoms with Gasteiger partial charge in [0.05, 0.1) is 12.2 Å². The van der Waals surface area contributed by atoms with Gasteiger partial charge < -0.3 is 9.73 Å². The highest BCUT2D eigenvalue weighted by Gasteiger charge is 2.16. The fraction of sp³-hybridized carbons (Fsp3) is 0.500. The van der Waals surface area contributed by atoms with Crippen LogP contribution >= 0.6 is 0 Å². The van der Waals surface area contributed by atoms with Gasteiger partial charge in [-0.1, -0.05) is 6.92 Å². The lowest BCUT2D eigenvalue weighted by Gasteiger charge is -2.06. The number of H-pyrrole nitrogens is 1. The lowest BCUT2D eigenvalue weighted by molar-refractivity contribution is 0.414. The van der Waals surface area contributed by atoms with Gasteiger partial charge in [-0.3, -0.25) is 0 Å². The molecule has 7 heteroatoms. The Balaban J connectivity index is 2.24. The Morgan fingerprint density at radius 3 is 3.00 bits per heavy atom. The van der Waals surface area contributed by atoms with Gasteiger partial charge in [0.15, 0.2) is 5.69 Å². The second kappa shape index (κ2) is 4.18. The minimum atomic E-state index is 0.0816. The van der Waals surface area contributed by atoms with Gasteiger partial charge in [0, 0.05) is 0 Å². The second-order valence-electron chi connectivity index (χ2n) is 3.05. The zero-order valence-electron chi connectivity index (χ0n) is 8.56. The zero-order valence-corrected chi connectivity index (χ0v) is 8.56. The van der Waals surface area contributed by atoms with Crippen LogP contribution in [-0.4, -0.2) is 32.7 Å². The summed E-state index contributed by atoms with van der Waals surface area (Å²) in [6.45, 7) is 2.04. The summed E-state index contributed by atoms with van der Waals surface area (Å²) < 4.78 is 5.46. The smallest absolute Gasteiger partial charge is 0.269 e. The number of aromatic nitrogens is 5. The van der Waals surface area contributed by atoms with Crippen LogP contribution in [0.15, 0.2) is 10.6 Å². The molecule has 2 aromatic heterocycles. The topological polar surface area (TPSA) is 92.5 Å². The zero-order chi connectivity index (χ0) is 10.7. The van der Waals surface area contributed by atoms with Gasteiger partial charge in [-0.25, -0.2) is 0 Å². The molecule has 0 aliphatic rings. The van der Waals surface area contributed by atoms with Crippen molar-refractivity contribution in [3.05, 3.63) is 12.1 Å². The molecule has 0 aliphatic heterocycles. The van der Waals surface area contributed by atoms with Crippen molar-refractivity contribution in [2.45, 2.75) is 19.4 Å². The van der Waals surface area contributed by atoms with E-state index in [1.807, 2.05) is 14.0 Å². The first-order valence-electron chi connectivity index (χ1n) is 4.72. The van der Waals surface area contributed by atoms with E-state index >= 15 is 0 Å². The van der Waals surface area contributed by atoms with Crippen LogP contribution < -0.4 is 5.32 Å². The first-order chi connectivity index (χ1) is 7.35. The predicted molar refractivity (Wildman–Crippen MR) is 51.8 cm³/mol. The van der Waals surface area contributed by atoms with Crippen LogP contribution in [0.2, 0.25) is 0 Å². The van der Waals surface area contributed by atoms with Crippen LogP contribution in [0.25, 0.3) is 11.6 Å². The first kappa shape index (κ1) is 9.78. The molecule has 1 atom stereocenters. The third-order valence-corrected chi connectivity index (χ3v) is 2.13. The molecule has 2 heterocycles. The monoisotopic (exact) mass is 208 g/mol. The van der Waals surface area contributed by atoms with E-state index < -0.39 is 0 Å². The maximum atomic E-state index is 5.46. The van der Waals surface area contributed by atoms with Crippen LogP contribution in [0.1, 0.15) is 25.3 Å². The third kappa shape index (κ3) is 1.86. The highest BCUT2D eigenvalue weighted by molar-refractivity contribution is 5.42. The van der Waals surface area contributed by atoms with Crippen molar-refractivity contribution in [2.24, 2.45) is 0 Å². The molecule has 0 bridgehead atoms. The molecular weight excluding hydrogens is 196 g/mol. The number of rotatable bonds is 4. The molecular formula is C8H12N6O. The molecule has 0 amide bonds. The van der Waals surface area contributed by atoms with E-state index in [1.165, 1.54) is 6.20 Å². The number of nitrogens with zero attached hydrogens (tertiary/aromatic N) is 4. The van der Waals surface area contributed by atoms with E-state index in [-0.39, 0.29) is 6.04 Å². The van der Waals surface area contributed by atoms with Gasteiger partial charge >= 0.3 is 0 Å². The molecule has 15 heavy (non-hydrogen) atoms. The molecule has 0 fully saturated rings. The van der Waals surface area contributed by atoms with Gasteiger partial charge in [-0.2, -0.15) is 15.4 Å². The molecule has 0 radical (unpaired) electrons. The van der Waals surface area contributed by atoms with Crippen molar-refractivity contribution in [3.8, 4) is 11.6 Å². The van der Waals surface area contributed by atoms with Crippen LogP contribution in [-0.2, 0) is 0 Å². The number of hydrogen-bond donors (Lipinski definition) is 2. The highest BCUT2D eigenvalue weighted by atomic mass is 16.4. The molecule has 7 nitrogen and oxygen atoms in total. The Bertz CT molecular complexity index is 404. The molecule has 0 saturated carbocycles. The van der Waals surface area contributed by atoms with E-state index in [9.17, 15) is 0 Å². The fourth-order valence-electron chi connectivity index (χ4n) is 1.29. The van der Waals surface area contributed by atoms with Crippen molar-refractivity contribution in [1.29, 1.82) is 0 Å². The summed E-state index contributed by atoms with van der Waals surface area (Å²) in [7, 11) is 1.86. The molecule has 0 aliphatic carbocycles. The largest absolute Gasteiger partial charge is 0.417 e. The standard InChI is InChI=1S/C8H12N6O/c1-3-5(9-2)7-12-13-8(15-7)6-4-10-14-11-6/h4-5,9H,3H2,1-2H3,(H,10,11,14). The third-order valence-electron chi connectivity index (χ3n) is 2.13. The number of nitrogens with one attached hydrogen (secondary N) is 2. The normalized spacial score (nSPS) is 12.9. The second-order valence-corrected chi connectivity index (χ2v) is 3.05. The average molecular weight is 208 g/mol. The van der Waals surface area contributed by atoms with E-state index in [1.54, 1.807) is 0 Å². The van der Waals surface area contributed by atoms with E-state index in [2.05, 4.69) is 30.9 Å². The SMILES string of the molecule is CCC(NC)c1nnc(-c2cn[nH]n2)o1. The van der Waals surface area contributed by atoms with Crippen LogP contribution in [0.5, 0.6) is 0 Å². The van der Waals surface area contributed by atoms with E-state index in [0.717, 1.165) is 6.42 Å². The molecule has 2 N–H and O–H groups in total. The van der Waals surface area contributed by atoms with Gasteiger partial charge in [0.2, 0.25) is 5.89 Å². The van der Waals surface area contributed by atoms with Crippen molar-refractivity contribution in [3.63, 3.8) is 0 Å². The molecule has 1 unspecified atom stereocenters. The number of aromatic amines is 1. The van der Waals surface area contributed by atoms with Crippen LogP contribution in [0.4, 0.5) is 0 Å². The average Bonchev–Trinajstić information content (AvgIpc) is 2.89. The Morgan fingerprint density at radius 1 is 1.53 bits per heavy atom. The number of hydrogen-bond acceptors (Lipinski definition) is 6. The predicted octanol–water partition coefficient (Wildman–Crippen LogP) is 0.525. The Morgan fingerprint density at radius 2 is 2.40 bits per heavy atom. The maximum Gasteiger partial charge on any atom is 0.269 e. The molecule has 0 aromatic carbocycles. The van der Waals surface area contributed by atoms with Gasteiger partial charge in [-0.15, -0.1) is 10.2 Å². The quantitative estimate of drug-likeness (QED) is 0.761. The Hall–Kier alpha value is -1.76. The Kier molecular flexibility index (Phi) is 2.72. The van der Waals surface area contributed by atoms with Crippen molar-refractivity contribution < 1.29 is 4.42 Å². The van der Waals surface area contributed by atoms with Crippen LogP contribution in [0, 0.1) is 0 Å². The summed E-state index contributed by atoms with van der Waals surface area (Å²) in [6.07, 6.45) is 2.43. The summed E-state index contributed by atoms with van der Waals surface area (Å²) in [5.74, 6) is 0.949. The van der Waals surface area contributed by atoms with Gasteiger partial charge in [0.1, 0.15) is 0 Å². The summed E-state index contributed by atoms with van der Waals surface area (Å²) in [5.41, 5.74) is 0.555. The lowest BCUT2D eigenvalue weighted by atomic mass is 10.2. The Labute approximate surface area is 86.3 Å². The molecule has 0 saturated heterocycles. The minimum absolute atomic E-state index is 0.0816. The maximum absolute atomic E-state index is 5.46. The molecule has 80 valence electrons. The van der Waals surface area contributed by atoms with Crippen LogP contribution in [0.3, 0.4) is 0 Å². The van der Waals surface area contributed by atoms with Gasteiger partial charge in [-0.05, 0) is 13.5 Å². The summed E-state index contributed by atoms with van der Waals surface area (Å²) in [4.78, 5) is 0. The molecule has 2 rings (SSSR count). The van der Waals surface area contributed by atoms with E-state index in [0.29, 0.717) is 17.5 Å². The van der Waals surface area contributed by atoms with Crippen molar-refractivity contribution >= 4 is 0 Å². The highest BCUT2D eigenvalue weighted by Crippen LogP contribution is 2.19. The van der Waals surface area contributed by atoms with Crippen molar-refractivity contribution in [2.75, 3.05) is 7.05 Å². The molecule has 0 spiro atoms. The van der Waals surface area contributed by atoms with Crippen molar-refractivity contribution in [1.82, 2.24) is 30.9 Å². The lowest BCUT2D eigenvalue weighted by Crippen LogP contribution is -2.15. The van der Waals surface area contributed by atoms with Gasteiger partial charge in [0.25, 0.3) is 5.89 Å². The summed E-state index contributed by atoms with van der Waals surface area (Å²) in [5, 5.41) is 21.0. The van der Waals surface area contributed by atoms with E-state index in [4.69, 9.17) is 4.42 Å². The summed E-state index contributed by atoms with van der Waals surface area (Å²) in [6, 6.07) is 0.0816. The summed E-state index contributed by atoms with van der Waals surface area (Å²) >= 11 is 0. The minimum Gasteiger partial charge on any atom is -0.417 e.